The Morgan fingerprint density at radius 1 is 0.571 bits per heavy atom. The molecule has 0 saturated heterocycles. The van der Waals surface area contributed by atoms with Crippen molar-refractivity contribution in [3.8, 4) is 28.3 Å². The summed E-state index contributed by atoms with van der Waals surface area (Å²) in [5, 5.41) is 8.95. The first-order valence-corrected chi connectivity index (χ1v) is 8.01. The second kappa shape index (κ2) is 7.04. The molecule has 0 spiro atoms. The van der Waals surface area contributed by atoms with Crippen molar-refractivity contribution in [3.05, 3.63) is 83.4 Å². The summed E-state index contributed by atoms with van der Waals surface area (Å²) in [5.74, 6) is 0. The number of hydrogen-bond acceptors (Lipinski definition) is 1. The maximum Gasteiger partial charge on any atom is 0.418 e. The van der Waals surface area contributed by atoms with Crippen LogP contribution in [-0.4, -0.2) is 0 Å². The quantitative estimate of drug-likeness (QED) is 0.435. The zero-order valence-electron chi connectivity index (χ0n) is 14.1. The van der Waals surface area contributed by atoms with Gasteiger partial charge in [0.2, 0.25) is 0 Å². The molecule has 28 heavy (non-hydrogen) atoms. The Bertz CT molecular complexity index is 1040. The minimum atomic E-state index is -5.34. The zero-order chi connectivity index (χ0) is 20.5. The Morgan fingerprint density at radius 3 is 1.64 bits per heavy atom. The molecule has 7 heteroatoms. The Hall–Kier alpha value is -3.27. The van der Waals surface area contributed by atoms with E-state index in [-0.39, 0.29) is 5.56 Å². The average molecular weight is 391 g/mol. The van der Waals surface area contributed by atoms with E-state index < -0.39 is 34.6 Å². The van der Waals surface area contributed by atoms with Crippen molar-refractivity contribution in [2.24, 2.45) is 0 Å². The van der Waals surface area contributed by atoms with Gasteiger partial charge >= 0.3 is 12.4 Å². The summed E-state index contributed by atoms with van der Waals surface area (Å²) >= 11 is 0. The second-order valence-electron chi connectivity index (χ2n) is 5.93. The Balaban J connectivity index is 2.42. The first-order valence-electron chi connectivity index (χ1n) is 8.01. The molecule has 0 fully saturated rings. The zero-order valence-corrected chi connectivity index (χ0v) is 14.1. The summed E-state index contributed by atoms with van der Waals surface area (Å²) in [6.07, 6.45) is -10.6. The molecule has 0 amide bonds. The molecule has 0 aliphatic heterocycles. The van der Waals surface area contributed by atoms with Crippen LogP contribution in [0.2, 0.25) is 0 Å². The standard InChI is InChI=1S/C21H11F6N/c22-20(23,24)18-14(12-28)10-11-17(19(18)21(25,26)27)16-9-5-4-8-15(16)13-6-2-1-3-7-13/h1-11H. The molecule has 0 aliphatic carbocycles. The number of hydrogen-bond donors (Lipinski definition) is 0. The summed E-state index contributed by atoms with van der Waals surface area (Å²) in [4.78, 5) is 0. The summed E-state index contributed by atoms with van der Waals surface area (Å²) in [6.45, 7) is 0. The Kier molecular flexibility index (Phi) is 4.90. The smallest absolute Gasteiger partial charge is 0.192 e. The SMILES string of the molecule is N#Cc1ccc(-c2ccccc2-c2ccccc2)c(C(F)(F)F)c1C(F)(F)F. The predicted octanol–water partition coefficient (Wildman–Crippen LogP) is 6.93. The lowest BCUT2D eigenvalue weighted by atomic mass is 9.87. The fraction of sp³-hybridized carbons (Fsp3) is 0.0952. The Morgan fingerprint density at radius 2 is 1.11 bits per heavy atom. The first kappa shape index (κ1) is 19.5. The lowest BCUT2D eigenvalue weighted by Gasteiger charge is -2.22. The van der Waals surface area contributed by atoms with E-state index in [9.17, 15) is 26.3 Å². The van der Waals surface area contributed by atoms with Crippen LogP contribution in [0, 0.1) is 11.3 Å². The van der Waals surface area contributed by atoms with Gasteiger partial charge in [-0.05, 0) is 28.3 Å². The highest BCUT2D eigenvalue weighted by atomic mass is 19.4. The van der Waals surface area contributed by atoms with E-state index in [1.165, 1.54) is 24.3 Å². The first-order chi connectivity index (χ1) is 13.1. The summed E-state index contributed by atoms with van der Waals surface area (Å²) < 4.78 is 81.8. The van der Waals surface area contributed by atoms with Gasteiger partial charge in [-0.25, -0.2) is 0 Å². The van der Waals surface area contributed by atoms with Crippen LogP contribution < -0.4 is 0 Å². The fourth-order valence-corrected chi connectivity index (χ4v) is 3.10. The van der Waals surface area contributed by atoms with E-state index in [4.69, 9.17) is 5.26 Å². The van der Waals surface area contributed by atoms with Crippen LogP contribution in [0.3, 0.4) is 0 Å². The molecule has 0 N–H and O–H groups in total. The van der Waals surface area contributed by atoms with Gasteiger partial charge in [0.1, 0.15) is 0 Å². The largest absolute Gasteiger partial charge is 0.418 e. The average Bonchev–Trinajstić information content (AvgIpc) is 2.66. The highest BCUT2D eigenvalue weighted by Gasteiger charge is 2.47. The molecular formula is C21H11F6N. The molecule has 1 nitrogen and oxygen atoms in total. The molecule has 0 unspecified atom stereocenters. The van der Waals surface area contributed by atoms with Crippen molar-refractivity contribution in [2.45, 2.75) is 12.4 Å². The highest BCUT2D eigenvalue weighted by Crippen LogP contribution is 2.48. The van der Waals surface area contributed by atoms with E-state index in [0.29, 0.717) is 11.1 Å². The van der Waals surface area contributed by atoms with E-state index in [1.54, 1.807) is 36.4 Å². The molecule has 0 atom stereocenters. The summed E-state index contributed by atoms with van der Waals surface area (Å²) in [7, 11) is 0. The number of alkyl halides is 6. The van der Waals surface area contributed by atoms with Crippen LogP contribution in [0.15, 0.2) is 66.7 Å². The van der Waals surface area contributed by atoms with Gasteiger partial charge in [0.05, 0.1) is 22.8 Å². The molecule has 142 valence electrons. The number of halogens is 6. The number of rotatable bonds is 2. The van der Waals surface area contributed by atoms with E-state index >= 15 is 0 Å². The normalized spacial score (nSPS) is 11.9. The van der Waals surface area contributed by atoms with Gasteiger partial charge in [-0.15, -0.1) is 0 Å². The third-order valence-electron chi connectivity index (χ3n) is 4.19. The van der Waals surface area contributed by atoms with Gasteiger partial charge in [-0.2, -0.15) is 31.6 Å². The molecule has 0 aromatic heterocycles. The second-order valence-corrected chi connectivity index (χ2v) is 5.93. The molecule has 0 bridgehead atoms. The minimum absolute atomic E-state index is 0.00369. The lowest BCUT2D eigenvalue weighted by molar-refractivity contribution is -0.161. The van der Waals surface area contributed by atoms with Gasteiger partial charge < -0.3 is 0 Å². The van der Waals surface area contributed by atoms with Gasteiger partial charge in [-0.3, -0.25) is 0 Å². The van der Waals surface area contributed by atoms with Crippen molar-refractivity contribution in [3.63, 3.8) is 0 Å². The summed E-state index contributed by atoms with van der Waals surface area (Å²) in [5.41, 5.74) is -4.61. The van der Waals surface area contributed by atoms with Crippen molar-refractivity contribution in [1.29, 1.82) is 5.26 Å². The summed E-state index contributed by atoms with van der Waals surface area (Å²) in [6, 6.07) is 17.2. The van der Waals surface area contributed by atoms with E-state index in [2.05, 4.69) is 0 Å². The maximum absolute atomic E-state index is 13.8. The van der Waals surface area contributed by atoms with Crippen LogP contribution in [0.4, 0.5) is 26.3 Å². The fourth-order valence-electron chi connectivity index (χ4n) is 3.10. The van der Waals surface area contributed by atoms with Crippen LogP contribution in [0.1, 0.15) is 16.7 Å². The molecule has 0 heterocycles. The van der Waals surface area contributed by atoms with Crippen LogP contribution in [0.5, 0.6) is 0 Å². The van der Waals surface area contributed by atoms with Crippen LogP contribution >= 0.6 is 0 Å². The van der Waals surface area contributed by atoms with Gasteiger partial charge in [0.15, 0.2) is 0 Å². The molecule has 3 aromatic rings. The predicted molar refractivity (Wildman–Crippen MR) is 92.0 cm³/mol. The molecule has 3 rings (SSSR count). The maximum atomic E-state index is 13.8. The lowest BCUT2D eigenvalue weighted by Crippen LogP contribution is -2.19. The monoisotopic (exact) mass is 391 g/mol. The molecule has 0 saturated carbocycles. The number of nitriles is 1. The molecule has 0 radical (unpaired) electrons. The highest BCUT2D eigenvalue weighted by molar-refractivity contribution is 5.86. The Labute approximate surface area is 156 Å². The van der Waals surface area contributed by atoms with Gasteiger partial charge in [-0.1, -0.05) is 60.7 Å². The van der Waals surface area contributed by atoms with Crippen molar-refractivity contribution >= 4 is 0 Å². The van der Waals surface area contributed by atoms with Crippen molar-refractivity contribution in [1.82, 2.24) is 0 Å². The third-order valence-corrected chi connectivity index (χ3v) is 4.19. The topological polar surface area (TPSA) is 23.8 Å². The van der Waals surface area contributed by atoms with Gasteiger partial charge in [0.25, 0.3) is 0 Å². The number of benzene rings is 3. The van der Waals surface area contributed by atoms with Crippen molar-refractivity contribution in [2.75, 3.05) is 0 Å². The van der Waals surface area contributed by atoms with E-state index in [1.807, 2.05) is 0 Å². The number of nitrogens with zero attached hydrogens (tertiary/aromatic N) is 1. The van der Waals surface area contributed by atoms with Gasteiger partial charge in [0, 0.05) is 0 Å². The molecule has 3 aromatic carbocycles. The minimum Gasteiger partial charge on any atom is -0.192 e. The van der Waals surface area contributed by atoms with Crippen LogP contribution in [-0.2, 0) is 12.4 Å². The van der Waals surface area contributed by atoms with E-state index in [0.717, 1.165) is 12.1 Å². The molecular weight excluding hydrogens is 380 g/mol. The van der Waals surface area contributed by atoms with Crippen LogP contribution in [0.25, 0.3) is 22.3 Å². The third kappa shape index (κ3) is 3.58. The van der Waals surface area contributed by atoms with Crippen molar-refractivity contribution < 1.29 is 26.3 Å². The molecule has 0 aliphatic rings.